The number of para-hydroxylation sites is 1. The molecule has 4 aliphatic rings. The Morgan fingerprint density at radius 2 is 1.79 bits per heavy atom. The van der Waals surface area contributed by atoms with Gasteiger partial charge in [-0.3, -0.25) is 39.1 Å². The predicted octanol–water partition coefficient (Wildman–Crippen LogP) is 6.47. The van der Waals surface area contributed by atoms with Crippen LogP contribution in [0.3, 0.4) is 0 Å². The first-order valence-electron chi connectivity index (χ1n) is 21.5. The fourth-order valence-corrected chi connectivity index (χ4v) is 10.2. The summed E-state index contributed by atoms with van der Waals surface area (Å²) in [5, 5.41) is 36.7. The number of rotatable bonds is 8. The van der Waals surface area contributed by atoms with Crippen molar-refractivity contribution >= 4 is 56.8 Å². The van der Waals surface area contributed by atoms with E-state index in [4.69, 9.17) is 5.10 Å². The van der Waals surface area contributed by atoms with Gasteiger partial charge < -0.3 is 15.3 Å². The van der Waals surface area contributed by atoms with Crippen molar-refractivity contribution < 1.29 is 28.3 Å². The second kappa shape index (κ2) is 15.7. The summed E-state index contributed by atoms with van der Waals surface area (Å²) in [6.45, 7) is 5.57. The topological polar surface area (TPSA) is 178 Å². The first-order valence-corrected chi connectivity index (χ1v) is 21.5. The van der Waals surface area contributed by atoms with Gasteiger partial charge in [-0.15, -0.1) is 0 Å². The number of pyridine rings is 1. The van der Waals surface area contributed by atoms with E-state index in [2.05, 4.69) is 25.6 Å². The van der Waals surface area contributed by atoms with Crippen LogP contribution in [0.1, 0.15) is 92.7 Å². The van der Waals surface area contributed by atoms with Crippen LogP contribution in [-0.2, 0) is 17.4 Å². The largest absolute Gasteiger partial charge is 0.386 e. The van der Waals surface area contributed by atoms with Crippen LogP contribution >= 0.6 is 0 Å². The maximum absolute atomic E-state index is 16.4. The average Bonchev–Trinajstić information content (AvgIpc) is 3.82. The third kappa shape index (κ3) is 7.63. The molecular formula is C45H51F2N11O4. The summed E-state index contributed by atoms with van der Waals surface area (Å²) in [5.41, 5.74) is 1.52. The number of hydrogen-bond donors (Lipinski definition) is 3. The lowest BCUT2D eigenvalue weighted by molar-refractivity contribution is -0.179. The van der Waals surface area contributed by atoms with Crippen molar-refractivity contribution in [2.24, 2.45) is 18.4 Å². The highest BCUT2D eigenvalue weighted by atomic mass is 19.3. The Hall–Kier alpha value is -5.99. The quantitative estimate of drug-likeness (QED) is 0.157. The number of piperidine rings is 2. The van der Waals surface area contributed by atoms with Gasteiger partial charge in [0.1, 0.15) is 6.07 Å². The minimum absolute atomic E-state index is 0.136. The Balaban J connectivity index is 0.811. The van der Waals surface area contributed by atoms with E-state index in [9.17, 15) is 24.8 Å². The second-order valence-corrected chi connectivity index (χ2v) is 18.2. The van der Waals surface area contributed by atoms with Gasteiger partial charge >= 0.3 is 6.03 Å². The van der Waals surface area contributed by atoms with Crippen molar-refractivity contribution in [1.29, 1.82) is 5.26 Å². The van der Waals surface area contributed by atoms with Gasteiger partial charge in [0.05, 0.1) is 46.0 Å². The lowest BCUT2D eigenvalue weighted by Crippen LogP contribution is -2.59. The van der Waals surface area contributed by atoms with E-state index in [1.165, 1.54) is 23.4 Å². The Morgan fingerprint density at radius 1 is 1.03 bits per heavy atom. The molecule has 0 bridgehead atoms. The lowest BCUT2D eigenvalue weighted by atomic mass is 9.68. The number of urea groups is 1. The summed E-state index contributed by atoms with van der Waals surface area (Å²) in [6, 6.07) is 12.5. The van der Waals surface area contributed by atoms with Gasteiger partial charge in [-0.1, -0.05) is 6.07 Å². The normalized spacial score (nSPS) is 22.0. The standard InChI is InChI=1S/C45H51F2N11O4/c1-43(2,62)34-21-35-31(20-36(34)50-41(60)30-19-29(22-48)23-49-24-30)26-58(52-35)32-9-7-28(8-10-32)25-55-16-12-44(45(46,47)27-55)13-17-56(18-14-44)37-6-4-5-33-39(37)54(3)53-40(33)57-15-11-38(59)51-42(57)61/h4-6,19-21,23-24,26,28,32,62H,7-18,25,27H2,1-3H3,(H,50,60)(H,51,59,61). The Labute approximate surface area is 357 Å². The number of fused-ring (bicyclic) bond motifs is 2. The summed E-state index contributed by atoms with van der Waals surface area (Å²) < 4.78 is 36.4. The molecule has 3 N–H and O–H groups in total. The molecule has 1 aliphatic carbocycles. The number of anilines is 3. The number of nitrogens with one attached hydrogen (secondary N) is 2. The number of halogens is 2. The van der Waals surface area contributed by atoms with Gasteiger partial charge in [0, 0.05) is 85.7 Å². The van der Waals surface area contributed by atoms with Gasteiger partial charge in [0.25, 0.3) is 11.8 Å². The van der Waals surface area contributed by atoms with Gasteiger partial charge in [-0.05, 0) is 102 Å². The highest BCUT2D eigenvalue weighted by molar-refractivity contribution is 6.10. The molecule has 9 rings (SSSR count). The zero-order valence-electron chi connectivity index (χ0n) is 35.2. The molecule has 4 amide bonds. The zero-order chi connectivity index (χ0) is 43.6. The number of nitrogens with zero attached hydrogens (tertiary/aromatic N) is 9. The maximum Gasteiger partial charge on any atom is 0.329 e. The van der Waals surface area contributed by atoms with Gasteiger partial charge in [0.15, 0.2) is 5.82 Å². The van der Waals surface area contributed by atoms with Gasteiger partial charge in [-0.25, -0.2) is 13.6 Å². The van der Waals surface area contributed by atoms with Crippen LogP contribution in [0.25, 0.3) is 21.8 Å². The molecule has 5 aromatic rings. The van der Waals surface area contributed by atoms with E-state index in [-0.39, 0.29) is 42.6 Å². The summed E-state index contributed by atoms with van der Waals surface area (Å²) in [7, 11) is 1.82. The molecule has 0 radical (unpaired) electrons. The highest BCUT2D eigenvalue weighted by Crippen LogP contribution is 2.52. The van der Waals surface area contributed by atoms with Crippen LogP contribution in [0.4, 0.5) is 30.8 Å². The van der Waals surface area contributed by atoms with Gasteiger partial charge in [0.2, 0.25) is 5.91 Å². The number of alkyl halides is 2. The number of likely N-dealkylation sites (tertiary alicyclic amines) is 1. The second-order valence-electron chi connectivity index (χ2n) is 18.2. The number of carbonyl (C=O) groups is 3. The van der Waals surface area contributed by atoms with E-state index < -0.39 is 28.9 Å². The number of aromatic nitrogens is 5. The van der Waals surface area contributed by atoms with Crippen molar-refractivity contribution in [3.05, 3.63) is 71.7 Å². The minimum atomic E-state index is -2.83. The zero-order valence-corrected chi connectivity index (χ0v) is 35.2. The number of carbonyl (C=O) groups excluding carboxylic acids is 3. The van der Waals surface area contributed by atoms with Crippen molar-refractivity contribution in [2.75, 3.05) is 54.4 Å². The highest BCUT2D eigenvalue weighted by Gasteiger charge is 2.57. The first-order chi connectivity index (χ1) is 29.6. The fourth-order valence-electron chi connectivity index (χ4n) is 10.2. The predicted molar refractivity (Wildman–Crippen MR) is 229 cm³/mol. The maximum atomic E-state index is 16.4. The van der Waals surface area contributed by atoms with Crippen LogP contribution in [0.2, 0.25) is 0 Å². The Bertz CT molecular complexity index is 2610. The van der Waals surface area contributed by atoms with Crippen LogP contribution in [0, 0.1) is 22.7 Å². The van der Waals surface area contributed by atoms with E-state index in [0.717, 1.165) is 47.7 Å². The smallest absolute Gasteiger partial charge is 0.329 e. The average molecular weight is 848 g/mol. The molecule has 324 valence electrons. The van der Waals surface area contributed by atoms with Crippen LogP contribution < -0.4 is 20.4 Å². The van der Waals surface area contributed by atoms with E-state index in [1.54, 1.807) is 24.6 Å². The molecule has 6 heterocycles. The molecule has 4 fully saturated rings. The molecule has 0 atom stereocenters. The Morgan fingerprint density at radius 3 is 2.50 bits per heavy atom. The summed E-state index contributed by atoms with van der Waals surface area (Å²) in [4.78, 5) is 47.2. The molecule has 15 nitrogen and oxygen atoms in total. The van der Waals surface area contributed by atoms with E-state index >= 15 is 8.78 Å². The summed E-state index contributed by atoms with van der Waals surface area (Å²) >= 11 is 0. The molecule has 0 unspecified atom stereocenters. The van der Waals surface area contributed by atoms with E-state index in [0.29, 0.717) is 73.9 Å². The van der Waals surface area contributed by atoms with Crippen molar-refractivity contribution in [1.82, 2.24) is 34.8 Å². The van der Waals surface area contributed by atoms with Crippen LogP contribution in [-0.4, -0.2) is 97.6 Å². The molecule has 17 heteroatoms. The van der Waals surface area contributed by atoms with E-state index in [1.807, 2.05) is 53.2 Å². The number of imide groups is 1. The van der Waals surface area contributed by atoms with Crippen LogP contribution in [0.5, 0.6) is 0 Å². The molecular weight excluding hydrogens is 797 g/mol. The van der Waals surface area contributed by atoms with Gasteiger partial charge in [-0.2, -0.15) is 15.5 Å². The summed E-state index contributed by atoms with van der Waals surface area (Å²) in [5.74, 6) is -2.81. The molecule has 62 heavy (non-hydrogen) atoms. The minimum Gasteiger partial charge on any atom is -0.386 e. The SMILES string of the molecule is Cn1nc(N2CCC(=O)NC2=O)c2cccc(N3CCC4(CCN(CC5CCC(n6cc7cc(NC(=O)c8cncc(C#N)c8)c(C(C)(C)O)cc7n6)CC5)CC4(F)F)CC3)c21. The van der Waals surface area contributed by atoms with Crippen molar-refractivity contribution in [2.45, 2.75) is 82.8 Å². The number of hydrogen-bond acceptors (Lipinski definition) is 10. The summed E-state index contributed by atoms with van der Waals surface area (Å²) in [6.07, 6.45) is 9.67. The molecule has 3 saturated heterocycles. The number of benzene rings is 2. The van der Waals surface area contributed by atoms with Crippen molar-refractivity contribution in [3.63, 3.8) is 0 Å². The number of aliphatic hydroxyl groups is 1. The molecule has 1 spiro atoms. The number of aryl methyl sites for hydroxylation is 1. The molecule has 2 aromatic carbocycles. The number of amides is 4. The Kier molecular flexibility index (Phi) is 10.5. The number of nitriles is 1. The molecule has 1 saturated carbocycles. The lowest BCUT2D eigenvalue weighted by Gasteiger charge is -2.52. The first kappa shape index (κ1) is 41.4. The van der Waals surface area contributed by atoms with Crippen LogP contribution in [0.15, 0.2) is 55.0 Å². The molecule has 3 aliphatic heterocycles. The monoisotopic (exact) mass is 847 g/mol. The van der Waals surface area contributed by atoms with Crippen molar-refractivity contribution in [3.8, 4) is 6.07 Å². The third-order valence-electron chi connectivity index (χ3n) is 13.7. The third-order valence-corrected chi connectivity index (χ3v) is 13.7. The fraction of sp³-hybridized carbons (Fsp3) is 0.489. The molecule has 3 aromatic heterocycles.